The average molecular weight is 542 g/mol. The van der Waals surface area contributed by atoms with Crippen LogP contribution in [0.2, 0.25) is 0 Å². The van der Waals surface area contributed by atoms with Gasteiger partial charge in [0, 0.05) is 35.4 Å². The summed E-state index contributed by atoms with van der Waals surface area (Å²) < 4.78 is 31.8. The number of halogens is 1. The first-order valence-corrected chi connectivity index (χ1v) is 13.3. The van der Waals surface area contributed by atoms with Crippen molar-refractivity contribution < 1.29 is 28.2 Å². The molecule has 0 saturated heterocycles. The fraction of sp³-hybridized carbons (Fsp3) is 0.273. The molecule has 0 bridgehead atoms. The Balaban J connectivity index is 1.47. The molecule has 1 heterocycles. The highest BCUT2D eigenvalue weighted by Crippen LogP contribution is 2.47. The van der Waals surface area contributed by atoms with Crippen LogP contribution in [0.15, 0.2) is 95.3 Å². The predicted molar refractivity (Wildman–Crippen MR) is 150 cm³/mol. The van der Waals surface area contributed by atoms with Crippen LogP contribution < -0.4 is 14.8 Å². The van der Waals surface area contributed by atoms with Gasteiger partial charge >= 0.3 is 5.97 Å². The van der Waals surface area contributed by atoms with Gasteiger partial charge in [-0.3, -0.25) is 4.79 Å². The number of allylic oxidation sites excluding steroid dienone is 3. The SMILES string of the molecule is COc1ccc([C@@H]2CC(=O)C3=C(C2)NC(C)=C(C(=O)OCCc2ccccc2)[C@@H]3c2ccccc2F)cc1OC. The largest absolute Gasteiger partial charge is 0.493 e. The van der Waals surface area contributed by atoms with E-state index in [2.05, 4.69) is 5.32 Å². The number of hydrogen-bond donors (Lipinski definition) is 1. The van der Waals surface area contributed by atoms with Crippen LogP contribution in [0, 0.1) is 5.82 Å². The summed E-state index contributed by atoms with van der Waals surface area (Å²) in [6.07, 6.45) is 1.29. The monoisotopic (exact) mass is 541 g/mol. The summed E-state index contributed by atoms with van der Waals surface area (Å²) in [7, 11) is 3.15. The minimum atomic E-state index is -0.861. The minimum absolute atomic E-state index is 0.119. The minimum Gasteiger partial charge on any atom is -0.493 e. The van der Waals surface area contributed by atoms with Gasteiger partial charge in [-0.05, 0) is 48.6 Å². The molecule has 6 nitrogen and oxygen atoms in total. The Labute approximate surface area is 233 Å². The van der Waals surface area contributed by atoms with Crippen LogP contribution in [-0.2, 0) is 20.7 Å². The Hall–Kier alpha value is -4.39. The van der Waals surface area contributed by atoms with Crippen LogP contribution in [0.25, 0.3) is 0 Å². The van der Waals surface area contributed by atoms with E-state index < -0.39 is 17.7 Å². The third-order valence-electron chi connectivity index (χ3n) is 7.61. The number of carbonyl (C=O) groups is 2. The van der Waals surface area contributed by atoms with Crippen molar-refractivity contribution in [2.75, 3.05) is 20.8 Å². The number of benzene rings is 3. The van der Waals surface area contributed by atoms with E-state index in [4.69, 9.17) is 14.2 Å². The van der Waals surface area contributed by atoms with Crippen LogP contribution >= 0.6 is 0 Å². The standard InChI is InChI=1S/C33H32FNO5/c1-20-30(33(37)40-16-15-21-9-5-4-6-10-21)31(24-11-7-8-12-25(24)34)32-26(35-20)17-23(18-27(32)36)22-13-14-28(38-2)29(19-22)39-3/h4-14,19,23,31,35H,15-18H2,1-3H3/t23-,31-/m0/s1. The Morgan fingerprint density at radius 1 is 0.950 bits per heavy atom. The topological polar surface area (TPSA) is 73.9 Å². The number of nitrogens with one attached hydrogen (secondary N) is 1. The number of esters is 1. The van der Waals surface area contributed by atoms with E-state index in [-0.39, 0.29) is 35.9 Å². The van der Waals surface area contributed by atoms with Gasteiger partial charge in [0.15, 0.2) is 17.3 Å². The highest BCUT2D eigenvalue weighted by Gasteiger charge is 2.42. The molecule has 0 radical (unpaired) electrons. The van der Waals surface area contributed by atoms with Crippen molar-refractivity contribution >= 4 is 11.8 Å². The molecule has 3 aromatic carbocycles. The summed E-state index contributed by atoms with van der Waals surface area (Å²) in [5.74, 6) is -0.951. The van der Waals surface area contributed by atoms with Gasteiger partial charge in [0.25, 0.3) is 0 Å². The smallest absolute Gasteiger partial charge is 0.336 e. The predicted octanol–water partition coefficient (Wildman–Crippen LogP) is 5.99. The lowest BCUT2D eigenvalue weighted by molar-refractivity contribution is -0.139. The van der Waals surface area contributed by atoms with Crippen molar-refractivity contribution in [3.63, 3.8) is 0 Å². The summed E-state index contributed by atoms with van der Waals surface area (Å²) >= 11 is 0. The molecule has 2 atom stereocenters. The van der Waals surface area contributed by atoms with Gasteiger partial charge in [0.05, 0.1) is 32.3 Å². The van der Waals surface area contributed by atoms with Crippen molar-refractivity contribution in [2.24, 2.45) is 0 Å². The van der Waals surface area contributed by atoms with Crippen LogP contribution in [0.1, 0.15) is 48.3 Å². The van der Waals surface area contributed by atoms with Crippen molar-refractivity contribution in [1.29, 1.82) is 0 Å². The molecule has 7 heteroatoms. The maximum atomic E-state index is 15.2. The zero-order chi connectivity index (χ0) is 28.2. The van der Waals surface area contributed by atoms with Gasteiger partial charge in [0.1, 0.15) is 5.82 Å². The number of dihydropyridines is 1. The van der Waals surface area contributed by atoms with Gasteiger partial charge < -0.3 is 19.5 Å². The number of ketones is 1. The third kappa shape index (κ3) is 5.37. The van der Waals surface area contributed by atoms with Gasteiger partial charge in [-0.15, -0.1) is 0 Å². The molecular weight excluding hydrogens is 509 g/mol. The lowest BCUT2D eigenvalue weighted by Gasteiger charge is -2.36. The normalized spacial score (nSPS) is 18.6. The Morgan fingerprint density at radius 3 is 2.40 bits per heavy atom. The lowest BCUT2D eigenvalue weighted by atomic mass is 9.71. The zero-order valence-electron chi connectivity index (χ0n) is 22.8. The van der Waals surface area contributed by atoms with Gasteiger partial charge in [0.2, 0.25) is 0 Å². The number of hydrogen-bond acceptors (Lipinski definition) is 6. The molecule has 1 aliphatic heterocycles. The van der Waals surface area contributed by atoms with Crippen LogP contribution in [0.3, 0.4) is 0 Å². The van der Waals surface area contributed by atoms with E-state index in [0.717, 1.165) is 11.1 Å². The number of rotatable bonds is 8. The summed E-state index contributed by atoms with van der Waals surface area (Å²) in [6.45, 7) is 1.95. The molecule has 0 amide bonds. The molecule has 0 spiro atoms. The molecular formula is C33H32FNO5. The highest BCUT2D eigenvalue weighted by atomic mass is 19.1. The average Bonchev–Trinajstić information content (AvgIpc) is 2.96. The van der Waals surface area contributed by atoms with Crippen LogP contribution in [0.4, 0.5) is 4.39 Å². The summed E-state index contributed by atoms with van der Waals surface area (Å²) in [6, 6.07) is 21.7. The van der Waals surface area contributed by atoms with E-state index in [1.165, 1.54) is 6.07 Å². The molecule has 0 fully saturated rings. The molecule has 5 rings (SSSR count). The van der Waals surface area contributed by atoms with E-state index in [1.807, 2.05) is 48.5 Å². The van der Waals surface area contributed by atoms with Gasteiger partial charge in [-0.2, -0.15) is 0 Å². The maximum Gasteiger partial charge on any atom is 0.336 e. The van der Waals surface area contributed by atoms with Gasteiger partial charge in [-0.1, -0.05) is 54.6 Å². The quantitative estimate of drug-likeness (QED) is 0.353. The molecule has 0 unspecified atom stereocenters. The molecule has 1 N–H and O–H groups in total. The van der Waals surface area contributed by atoms with Crippen molar-refractivity contribution in [3.05, 3.63) is 118 Å². The Morgan fingerprint density at radius 2 is 1.68 bits per heavy atom. The van der Waals surface area contributed by atoms with E-state index in [1.54, 1.807) is 39.3 Å². The third-order valence-corrected chi connectivity index (χ3v) is 7.61. The first-order chi connectivity index (χ1) is 19.4. The molecule has 1 aliphatic carbocycles. The Kier molecular flexibility index (Phi) is 8.01. The van der Waals surface area contributed by atoms with Crippen LogP contribution in [-0.4, -0.2) is 32.6 Å². The highest BCUT2D eigenvalue weighted by molar-refractivity contribution is 6.04. The van der Waals surface area contributed by atoms with Gasteiger partial charge in [-0.25, -0.2) is 9.18 Å². The first-order valence-electron chi connectivity index (χ1n) is 13.3. The summed E-state index contributed by atoms with van der Waals surface area (Å²) in [4.78, 5) is 27.3. The second-order valence-corrected chi connectivity index (χ2v) is 10.0. The molecule has 2 aliphatic rings. The Bertz CT molecular complexity index is 1490. The maximum absolute atomic E-state index is 15.2. The number of Topliss-reactive ketones (excluding diaryl/α,β-unsaturated/α-hetero) is 1. The van der Waals surface area contributed by atoms with E-state index in [9.17, 15) is 9.59 Å². The fourth-order valence-electron chi connectivity index (χ4n) is 5.66. The molecule has 206 valence electrons. The molecule has 3 aromatic rings. The second kappa shape index (κ2) is 11.8. The fourth-order valence-corrected chi connectivity index (χ4v) is 5.66. The zero-order valence-corrected chi connectivity index (χ0v) is 22.8. The second-order valence-electron chi connectivity index (χ2n) is 10.0. The van der Waals surface area contributed by atoms with E-state index >= 15 is 4.39 Å². The van der Waals surface area contributed by atoms with Crippen molar-refractivity contribution in [1.82, 2.24) is 5.32 Å². The number of methoxy groups -OCH3 is 2. The van der Waals surface area contributed by atoms with Crippen molar-refractivity contribution in [3.8, 4) is 11.5 Å². The molecule has 40 heavy (non-hydrogen) atoms. The molecule has 0 saturated carbocycles. The molecule has 0 aromatic heterocycles. The number of carbonyl (C=O) groups excluding carboxylic acids is 2. The lowest BCUT2D eigenvalue weighted by Crippen LogP contribution is -2.36. The van der Waals surface area contributed by atoms with E-state index in [0.29, 0.717) is 41.3 Å². The van der Waals surface area contributed by atoms with Crippen LogP contribution in [0.5, 0.6) is 11.5 Å². The first kappa shape index (κ1) is 27.2. The number of ether oxygens (including phenoxy) is 3. The summed E-state index contributed by atoms with van der Waals surface area (Å²) in [5, 5.41) is 3.32. The summed E-state index contributed by atoms with van der Waals surface area (Å²) in [5.41, 5.74) is 4.19. The van der Waals surface area contributed by atoms with Crippen molar-refractivity contribution in [2.45, 2.75) is 38.0 Å².